The van der Waals surface area contributed by atoms with Gasteiger partial charge >= 0.3 is 0 Å². The minimum absolute atomic E-state index is 0.0844. The largest absolute Gasteiger partial charge is 0.202 e. The number of benzene rings is 1. The van der Waals surface area contributed by atoms with Gasteiger partial charge in [-0.15, -0.1) is 11.6 Å². The maximum Gasteiger partial charge on any atom is 0.200 e. The maximum atomic E-state index is 13.0. The van der Waals surface area contributed by atoms with Gasteiger partial charge in [0, 0.05) is 12.3 Å². The Balaban J connectivity index is 3.36. The van der Waals surface area contributed by atoms with Gasteiger partial charge in [0.25, 0.3) is 0 Å². The van der Waals surface area contributed by atoms with Crippen molar-refractivity contribution < 1.29 is 22.0 Å². The molecule has 0 saturated heterocycles. The zero-order valence-corrected chi connectivity index (χ0v) is 8.44. The van der Waals surface area contributed by atoms with Gasteiger partial charge in [0.1, 0.15) is 5.56 Å². The van der Waals surface area contributed by atoms with Crippen molar-refractivity contribution in [3.8, 4) is 11.8 Å². The van der Waals surface area contributed by atoms with E-state index in [1.165, 1.54) is 0 Å². The Kier molecular flexibility index (Phi) is 4.13. The van der Waals surface area contributed by atoms with Crippen LogP contribution in [0.1, 0.15) is 12.0 Å². The molecule has 0 unspecified atom stereocenters. The van der Waals surface area contributed by atoms with Crippen LogP contribution in [0.25, 0.3) is 0 Å². The molecule has 0 aliphatic carbocycles. The SMILES string of the molecule is Fc1c(F)c(F)c(C#CCCCl)c(F)c1F. The van der Waals surface area contributed by atoms with Crippen LogP contribution in [0, 0.1) is 40.9 Å². The second-order valence-corrected chi connectivity index (χ2v) is 3.06. The minimum atomic E-state index is -2.20. The highest BCUT2D eigenvalue weighted by atomic mass is 35.5. The topological polar surface area (TPSA) is 0 Å². The summed E-state index contributed by atoms with van der Waals surface area (Å²) in [5.74, 6) is -5.92. The smallest absolute Gasteiger partial charge is 0.200 e. The lowest BCUT2D eigenvalue weighted by Gasteiger charge is -2.02. The molecule has 0 radical (unpaired) electrons. The fourth-order valence-corrected chi connectivity index (χ4v) is 1.01. The molecule has 0 heterocycles. The summed E-state index contributed by atoms with van der Waals surface area (Å²) in [6.07, 6.45) is 0.0844. The van der Waals surface area contributed by atoms with Crippen molar-refractivity contribution in [3.05, 3.63) is 34.6 Å². The molecule has 0 aliphatic heterocycles. The predicted octanol–water partition coefficient (Wildman–Crippen LogP) is 3.36. The molecule has 0 aromatic heterocycles. The lowest BCUT2D eigenvalue weighted by molar-refractivity contribution is 0.376. The molecule has 0 aliphatic rings. The molecule has 16 heavy (non-hydrogen) atoms. The van der Waals surface area contributed by atoms with Gasteiger partial charge in [-0.05, 0) is 0 Å². The van der Waals surface area contributed by atoms with E-state index in [-0.39, 0.29) is 12.3 Å². The van der Waals surface area contributed by atoms with Crippen LogP contribution < -0.4 is 0 Å². The molecule has 6 heteroatoms. The summed E-state index contributed by atoms with van der Waals surface area (Å²) in [4.78, 5) is 0. The van der Waals surface area contributed by atoms with Gasteiger partial charge < -0.3 is 0 Å². The van der Waals surface area contributed by atoms with Gasteiger partial charge in [-0.2, -0.15) is 0 Å². The second kappa shape index (κ2) is 5.17. The van der Waals surface area contributed by atoms with Crippen molar-refractivity contribution in [3.63, 3.8) is 0 Å². The van der Waals surface area contributed by atoms with Crippen LogP contribution in [0.4, 0.5) is 22.0 Å². The van der Waals surface area contributed by atoms with Crippen molar-refractivity contribution in [2.75, 3.05) is 5.88 Å². The lowest BCUT2D eigenvalue weighted by Crippen LogP contribution is -2.04. The van der Waals surface area contributed by atoms with Gasteiger partial charge in [0.15, 0.2) is 23.3 Å². The third-order valence-electron chi connectivity index (χ3n) is 1.64. The summed E-state index contributed by atoms with van der Waals surface area (Å²) in [5, 5.41) is 0. The molecule has 0 fully saturated rings. The highest BCUT2D eigenvalue weighted by Crippen LogP contribution is 2.22. The van der Waals surface area contributed by atoms with E-state index in [9.17, 15) is 22.0 Å². The predicted molar refractivity (Wildman–Crippen MR) is 48.4 cm³/mol. The first-order chi connectivity index (χ1) is 7.50. The molecule has 0 amide bonds. The molecule has 86 valence electrons. The van der Waals surface area contributed by atoms with Crippen LogP contribution in [0.2, 0.25) is 0 Å². The summed E-state index contributed by atoms with van der Waals surface area (Å²) in [6, 6.07) is 0. The fourth-order valence-electron chi connectivity index (χ4n) is 0.913. The Morgan fingerprint density at radius 3 is 1.69 bits per heavy atom. The second-order valence-electron chi connectivity index (χ2n) is 2.69. The molecule has 0 bridgehead atoms. The first kappa shape index (κ1) is 12.8. The average Bonchev–Trinajstić information content (AvgIpc) is 2.28. The van der Waals surface area contributed by atoms with E-state index in [2.05, 4.69) is 5.92 Å². The lowest BCUT2D eigenvalue weighted by atomic mass is 10.1. The van der Waals surface area contributed by atoms with Crippen LogP contribution in [-0.2, 0) is 0 Å². The van der Waals surface area contributed by atoms with Gasteiger partial charge in [0.2, 0.25) is 5.82 Å². The summed E-state index contributed by atoms with van der Waals surface area (Å²) in [7, 11) is 0. The number of hydrogen-bond acceptors (Lipinski definition) is 0. The van der Waals surface area contributed by atoms with Crippen LogP contribution in [0.5, 0.6) is 0 Å². The van der Waals surface area contributed by atoms with Gasteiger partial charge in [-0.25, -0.2) is 22.0 Å². The van der Waals surface area contributed by atoms with E-state index in [4.69, 9.17) is 11.6 Å². The van der Waals surface area contributed by atoms with Crippen LogP contribution in [0.15, 0.2) is 0 Å². The van der Waals surface area contributed by atoms with Crippen LogP contribution in [0.3, 0.4) is 0 Å². The van der Waals surface area contributed by atoms with E-state index in [0.717, 1.165) is 0 Å². The molecule has 0 nitrogen and oxygen atoms in total. The van der Waals surface area contributed by atoms with Crippen LogP contribution >= 0.6 is 11.6 Å². The maximum absolute atomic E-state index is 13.0. The Morgan fingerprint density at radius 1 is 0.812 bits per heavy atom. The molecule has 1 aromatic rings. The Hall–Kier alpha value is -1.28. The summed E-state index contributed by atoms with van der Waals surface area (Å²) in [6.45, 7) is 0. The van der Waals surface area contributed by atoms with Crippen molar-refractivity contribution in [1.82, 2.24) is 0 Å². The van der Waals surface area contributed by atoms with Gasteiger partial charge in [-0.1, -0.05) is 11.8 Å². The van der Waals surface area contributed by atoms with E-state index in [1.54, 1.807) is 0 Å². The molecule has 1 rings (SSSR count). The fraction of sp³-hybridized carbons (Fsp3) is 0.200. The highest BCUT2D eigenvalue weighted by molar-refractivity contribution is 6.18. The molecule has 0 atom stereocenters. The Labute approximate surface area is 93.0 Å². The van der Waals surface area contributed by atoms with Crippen LogP contribution in [-0.4, -0.2) is 5.88 Å². The first-order valence-corrected chi connectivity index (χ1v) is 4.60. The van der Waals surface area contributed by atoms with Gasteiger partial charge in [0.05, 0.1) is 0 Å². The highest BCUT2D eigenvalue weighted by Gasteiger charge is 2.24. The van der Waals surface area contributed by atoms with Crippen molar-refractivity contribution in [1.29, 1.82) is 0 Å². The first-order valence-electron chi connectivity index (χ1n) is 4.07. The quantitative estimate of drug-likeness (QED) is 0.237. The zero-order valence-electron chi connectivity index (χ0n) is 7.68. The Morgan fingerprint density at radius 2 is 1.25 bits per heavy atom. The summed E-state index contributed by atoms with van der Waals surface area (Å²) >= 11 is 5.24. The normalized spacial score (nSPS) is 9.88. The standard InChI is InChI=1S/C10H4ClF5/c11-4-2-1-3-5-6(12)8(14)10(16)9(15)7(5)13/h2,4H2. The molecule has 0 spiro atoms. The molecular weight excluding hydrogens is 251 g/mol. The molecule has 0 N–H and O–H groups in total. The van der Waals surface area contributed by atoms with E-state index in [1.807, 2.05) is 5.92 Å². The van der Waals surface area contributed by atoms with Crippen molar-refractivity contribution in [2.24, 2.45) is 0 Å². The average molecular weight is 255 g/mol. The number of halogens is 6. The molecule has 1 aromatic carbocycles. The number of hydrogen-bond donors (Lipinski definition) is 0. The molecule has 0 saturated carbocycles. The third kappa shape index (κ3) is 2.27. The zero-order chi connectivity index (χ0) is 12.3. The van der Waals surface area contributed by atoms with E-state index in [0.29, 0.717) is 0 Å². The molecular formula is C10H4ClF5. The monoisotopic (exact) mass is 254 g/mol. The van der Waals surface area contributed by atoms with Crippen molar-refractivity contribution >= 4 is 11.6 Å². The number of rotatable bonds is 1. The van der Waals surface area contributed by atoms with E-state index >= 15 is 0 Å². The van der Waals surface area contributed by atoms with Crippen molar-refractivity contribution in [2.45, 2.75) is 6.42 Å². The van der Waals surface area contributed by atoms with E-state index < -0.39 is 34.6 Å². The Bertz CT molecular complexity index is 443. The summed E-state index contributed by atoms with van der Waals surface area (Å²) in [5.41, 5.74) is -1.14. The number of alkyl halides is 1. The van der Waals surface area contributed by atoms with Gasteiger partial charge in [-0.3, -0.25) is 0 Å². The minimum Gasteiger partial charge on any atom is -0.202 e. The summed E-state index contributed by atoms with van der Waals surface area (Å²) < 4.78 is 63.8. The third-order valence-corrected chi connectivity index (χ3v) is 1.83.